The standard InChI is InChI=1S/C17H20ClN3O3/c1-24-17(23)9-14-4-2-3-7-21(14)11-16(22)20-13-6-5-12(10-19)15(18)8-13/h5-6,8,14H,2-4,7,9,11H2,1H3,(H,20,22)/t14-/m1/s1. The Morgan fingerprint density at radius 2 is 2.25 bits per heavy atom. The second-order valence-corrected chi connectivity index (χ2v) is 6.16. The molecular formula is C17H20ClN3O3. The lowest BCUT2D eigenvalue weighted by Crippen LogP contribution is -2.45. The molecule has 0 radical (unpaired) electrons. The first-order valence-electron chi connectivity index (χ1n) is 7.84. The molecule has 0 unspecified atom stereocenters. The summed E-state index contributed by atoms with van der Waals surface area (Å²) in [5.41, 5.74) is 0.911. The number of benzene rings is 1. The smallest absolute Gasteiger partial charge is 0.307 e. The van der Waals surface area contributed by atoms with Crippen molar-refractivity contribution in [2.24, 2.45) is 0 Å². The van der Waals surface area contributed by atoms with Gasteiger partial charge in [-0.2, -0.15) is 5.26 Å². The number of nitrogens with zero attached hydrogens (tertiary/aromatic N) is 2. The monoisotopic (exact) mass is 349 g/mol. The lowest BCUT2D eigenvalue weighted by molar-refractivity contribution is -0.142. The number of esters is 1. The van der Waals surface area contributed by atoms with Gasteiger partial charge in [0.1, 0.15) is 6.07 Å². The van der Waals surface area contributed by atoms with Gasteiger partial charge in [-0.15, -0.1) is 0 Å². The maximum atomic E-state index is 12.3. The SMILES string of the molecule is COC(=O)C[C@H]1CCCCN1CC(=O)Nc1ccc(C#N)c(Cl)c1. The number of nitriles is 1. The van der Waals surface area contributed by atoms with E-state index in [2.05, 4.69) is 5.32 Å². The summed E-state index contributed by atoms with van der Waals surface area (Å²) in [6.45, 7) is 0.989. The van der Waals surface area contributed by atoms with Crippen LogP contribution in [0.15, 0.2) is 18.2 Å². The van der Waals surface area contributed by atoms with Gasteiger partial charge in [-0.25, -0.2) is 0 Å². The Bertz CT molecular complexity index is 657. The average Bonchev–Trinajstić information content (AvgIpc) is 2.56. The molecular weight excluding hydrogens is 330 g/mol. The summed E-state index contributed by atoms with van der Waals surface area (Å²) in [6, 6.07) is 6.77. The van der Waals surface area contributed by atoms with Crippen LogP contribution in [0, 0.1) is 11.3 Å². The number of carbonyl (C=O) groups excluding carboxylic acids is 2. The zero-order valence-electron chi connectivity index (χ0n) is 13.5. The number of nitrogens with one attached hydrogen (secondary N) is 1. The summed E-state index contributed by atoms with van der Waals surface area (Å²) in [4.78, 5) is 25.8. The fraction of sp³-hybridized carbons (Fsp3) is 0.471. The van der Waals surface area contributed by atoms with Gasteiger partial charge >= 0.3 is 5.97 Å². The fourth-order valence-corrected chi connectivity index (χ4v) is 3.07. The molecule has 0 bridgehead atoms. The highest BCUT2D eigenvalue weighted by molar-refractivity contribution is 6.32. The maximum absolute atomic E-state index is 12.3. The van der Waals surface area contributed by atoms with Crippen LogP contribution in [-0.2, 0) is 14.3 Å². The van der Waals surface area contributed by atoms with Crippen LogP contribution in [0.3, 0.4) is 0 Å². The average molecular weight is 350 g/mol. The number of hydrogen-bond acceptors (Lipinski definition) is 5. The van der Waals surface area contributed by atoms with E-state index in [9.17, 15) is 9.59 Å². The van der Waals surface area contributed by atoms with Crippen LogP contribution in [-0.4, -0.2) is 43.0 Å². The number of ether oxygens (including phenoxy) is 1. The minimum absolute atomic E-state index is 0.0292. The number of hydrogen-bond donors (Lipinski definition) is 1. The number of likely N-dealkylation sites (tertiary alicyclic amines) is 1. The Kier molecular flexibility index (Phi) is 6.59. The fourth-order valence-electron chi connectivity index (χ4n) is 2.84. The molecule has 1 saturated heterocycles. The zero-order chi connectivity index (χ0) is 17.5. The van der Waals surface area contributed by atoms with E-state index in [-0.39, 0.29) is 24.5 Å². The molecule has 1 amide bonds. The predicted octanol–water partition coefficient (Wildman–Crippen LogP) is 2.57. The van der Waals surface area contributed by atoms with Crippen LogP contribution in [0.2, 0.25) is 5.02 Å². The number of amides is 1. The third-order valence-electron chi connectivity index (χ3n) is 4.10. The molecule has 1 aromatic carbocycles. The van der Waals surface area contributed by atoms with Crippen molar-refractivity contribution in [1.29, 1.82) is 5.26 Å². The van der Waals surface area contributed by atoms with Crippen LogP contribution in [0.25, 0.3) is 0 Å². The second-order valence-electron chi connectivity index (χ2n) is 5.75. The van der Waals surface area contributed by atoms with Gasteiger partial charge in [0.2, 0.25) is 5.91 Å². The number of anilines is 1. The van der Waals surface area contributed by atoms with Crippen LogP contribution >= 0.6 is 11.6 Å². The van der Waals surface area contributed by atoms with Crippen molar-refractivity contribution in [2.75, 3.05) is 25.5 Å². The zero-order valence-corrected chi connectivity index (χ0v) is 14.3. The summed E-state index contributed by atoms with van der Waals surface area (Å²) in [5.74, 6) is -0.432. The van der Waals surface area contributed by atoms with E-state index in [1.54, 1.807) is 18.2 Å². The molecule has 0 saturated carbocycles. The van der Waals surface area contributed by atoms with Crippen molar-refractivity contribution in [3.8, 4) is 6.07 Å². The molecule has 0 aliphatic carbocycles. The van der Waals surface area contributed by atoms with Gasteiger partial charge in [-0.3, -0.25) is 14.5 Å². The van der Waals surface area contributed by atoms with E-state index < -0.39 is 0 Å². The molecule has 1 fully saturated rings. The van der Waals surface area contributed by atoms with E-state index in [1.807, 2.05) is 11.0 Å². The van der Waals surface area contributed by atoms with E-state index in [1.165, 1.54) is 7.11 Å². The first-order chi connectivity index (χ1) is 11.5. The third kappa shape index (κ3) is 4.95. The highest BCUT2D eigenvalue weighted by Gasteiger charge is 2.26. The van der Waals surface area contributed by atoms with E-state index >= 15 is 0 Å². The van der Waals surface area contributed by atoms with Crippen molar-refractivity contribution in [3.05, 3.63) is 28.8 Å². The van der Waals surface area contributed by atoms with Gasteiger partial charge in [0.15, 0.2) is 0 Å². The number of methoxy groups -OCH3 is 1. The summed E-state index contributed by atoms with van der Waals surface area (Å²) in [7, 11) is 1.37. The Morgan fingerprint density at radius 1 is 1.46 bits per heavy atom. The lowest BCUT2D eigenvalue weighted by atomic mass is 9.99. The topological polar surface area (TPSA) is 82.4 Å². The van der Waals surface area contributed by atoms with Crippen molar-refractivity contribution in [2.45, 2.75) is 31.7 Å². The summed E-state index contributed by atoms with van der Waals surface area (Å²) in [5, 5.41) is 11.9. The van der Waals surface area contributed by atoms with Crippen molar-refractivity contribution < 1.29 is 14.3 Å². The van der Waals surface area contributed by atoms with Gasteiger partial charge in [0.05, 0.1) is 30.7 Å². The van der Waals surface area contributed by atoms with E-state index in [4.69, 9.17) is 21.6 Å². The predicted molar refractivity (Wildman–Crippen MR) is 90.6 cm³/mol. The molecule has 1 aliphatic heterocycles. The molecule has 1 N–H and O–H groups in total. The first kappa shape index (κ1) is 18.2. The van der Waals surface area contributed by atoms with Gasteiger partial charge in [-0.05, 0) is 37.6 Å². The molecule has 7 heteroatoms. The molecule has 0 aromatic heterocycles. The van der Waals surface area contributed by atoms with Crippen LogP contribution in [0.4, 0.5) is 5.69 Å². The van der Waals surface area contributed by atoms with Gasteiger partial charge in [0, 0.05) is 11.7 Å². The quantitative estimate of drug-likeness (QED) is 0.826. The molecule has 24 heavy (non-hydrogen) atoms. The summed E-state index contributed by atoms with van der Waals surface area (Å²) in [6.07, 6.45) is 3.23. The van der Waals surface area contributed by atoms with Gasteiger partial charge < -0.3 is 10.1 Å². The van der Waals surface area contributed by atoms with Crippen molar-refractivity contribution in [3.63, 3.8) is 0 Å². The summed E-state index contributed by atoms with van der Waals surface area (Å²) < 4.78 is 4.73. The van der Waals surface area contributed by atoms with Crippen LogP contribution in [0.1, 0.15) is 31.2 Å². The number of halogens is 1. The van der Waals surface area contributed by atoms with Gasteiger partial charge in [0.25, 0.3) is 0 Å². The second kappa shape index (κ2) is 8.67. The Labute approximate surface area is 146 Å². The molecule has 1 heterocycles. The molecule has 128 valence electrons. The number of rotatable bonds is 5. The van der Waals surface area contributed by atoms with Gasteiger partial charge in [-0.1, -0.05) is 18.0 Å². The normalized spacial score (nSPS) is 17.8. The molecule has 1 aromatic rings. The maximum Gasteiger partial charge on any atom is 0.307 e. The minimum Gasteiger partial charge on any atom is -0.469 e. The Morgan fingerprint density at radius 3 is 2.92 bits per heavy atom. The molecule has 1 aliphatic rings. The Hall–Kier alpha value is -2.10. The largest absolute Gasteiger partial charge is 0.469 e. The van der Waals surface area contributed by atoms with E-state index in [0.717, 1.165) is 25.8 Å². The molecule has 1 atom stereocenters. The van der Waals surface area contributed by atoms with Crippen molar-refractivity contribution >= 4 is 29.2 Å². The van der Waals surface area contributed by atoms with Crippen LogP contribution in [0.5, 0.6) is 0 Å². The minimum atomic E-state index is -0.258. The third-order valence-corrected chi connectivity index (χ3v) is 4.41. The highest BCUT2D eigenvalue weighted by atomic mass is 35.5. The molecule has 0 spiro atoms. The molecule has 6 nitrogen and oxygen atoms in total. The first-order valence-corrected chi connectivity index (χ1v) is 8.21. The molecule has 2 rings (SSSR count). The van der Waals surface area contributed by atoms with Crippen molar-refractivity contribution in [1.82, 2.24) is 4.90 Å². The number of piperidine rings is 1. The summed E-state index contributed by atoms with van der Waals surface area (Å²) >= 11 is 5.97. The number of carbonyl (C=O) groups is 2. The lowest BCUT2D eigenvalue weighted by Gasteiger charge is -2.34. The highest BCUT2D eigenvalue weighted by Crippen LogP contribution is 2.22. The van der Waals surface area contributed by atoms with Crippen LogP contribution < -0.4 is 5.32 Å². The van der Waals surface area contributed by atoms with E-state index in [0.29, 0.717) is 22.7 Å². The Balaban J connectivity index is 1.96.